The number of carbonyl (C=O) groups is 1. The van der Waals surface area contributed by atoms with E-state index in [4.69, 9.17) is 5.73 Å². The average molecular weight is 247 g/mol. The molecular formula is C12H13N3OS. The van der Waals surface area contributed by atoms with Crippen LogP contribution in [-0.2, 0) is 6.54 Å². The Bertz CT molecular complexity index is 536. The molecule has 2 heterocycles. The van der Waals surface area contributed by atoms with Gasteiger partial charge in [-0.25, -0.2) is 4.98 Å². The van der Waals surface area contributed by atoms with Crippen molar-refractivity contribution in [3.8, 4) is 0 Å². The number of anilines is 1. The van der Waals surface area contributed by atoms with Crippen molar-refractivity contribution in [1.82, 2.24) is 10.3 Å². The molecule has 3 N–H and O–H groups in total. The molecule has 17 heavy (non-hydrogen) atoms. The van der Waals surface area contributed by atoms with Gasteiger partial charge >= 0.3 is 0 Å². The monoisotopic (exact) mass is 247 g/mol. The van der Waals surface area contributed by atoms with Crippen LogP contribution in [0.4, 0.5) is 5.82 Å². The lowest BCUT2D eigenvalue weighted by atomic mass is 10.2. The zero-order valence-corrected chi connectivity index (χ0v) is 10.3. The van der Waals surface area contributed by atoms with Gasteiger partial charge in [0.15, 0.2) is 0 Å². The molecule has 0 aliphatic rings. The normalized spacial score (nSPS) is 10.2. The van der Waals surface area contributed by atoms with Gasteiger partial charge in [0.25, 0.3) is 5.91 Å². The van der Waals surface area contributed by atoms with Crippen LogP contribution in [0.1, 0.15) is 20.8 Å². The molecule has 0 unspecified atom stereocenters. The molecule has 4 nitrogen and oxygen atoms in total. The lowest BCUT2D eigenvalue weighted by Crippen LogP contribution is -2.23. The van der Waals surface area contributed by atoms with Crippen molar-refractivity contribution in [3.05, 3.63) is 45.8 Å². The van der Waals surface area contributed by atoms with Crippen molar-refractivity contribution in [3.63, 3.8) is 0 Å². The molecule has 5 heteroatoms. The standard InChI is InChI=1S/C12H13N3OS/c1-8-4-6-17-10(8)7-15-12(16)9-3-2-5-14-11(9)13/h2-6H,7H2,1H3,(H2,13,14)(H,15,16). The second-order valence-electron chi connectivity index (χ2n) is 3.65. The lowest BCUT2D eigenvalue weighted by Gasteiger charge is -2.06. The minimum absolute atomic E-state index is 0.191. The van der Waals surface area contributed by atoms with Crippen LogP contribution in [0, 0.1) is 6.92 Å². The molecule has 2 aromatic rings. The molecule has 0 fully saturated rings. The molecule has 0 saturated carbocycles. The van der Waals surface area contributed by atoms with Gasteiger partial charge in [-0.15, -0.1) is 11.3 Å². The van der Waals surface area contributed by atoms with Crippen LogP contribution in [0.2, 0.25) is 0 Å². The minimum atomic E-state index is -0.191. The summed E-state index contributed by atoms with van der Waals surface area (Å²) >= 11 is 1.63. The number of pyridine rings is 1. The predicted molar refractivity (Wildman–Crippen MR) is 68.9 cm³/mol. The number of rotatable bonds is 3. The van der Waals surface area contributed by atoms with Crippen LogP contribution in [0.3, 0.4) is 0 Å². The van der Waals surface area contributed by atoms with E-state index in [1.165, 1.54) is 5.56 Å². The molecule has 0 atom stereocenters. The molecule has 0 saturated heterocycles. The second kappa shape index (κ2) is 4.97. The number of aromatic nitrogens is 1. The first-order valence-corrected chi connectivity index (χ1v) is 6.08. The summed E-state index contributed by atoms with van der Waals surface area (Å²) in [6, 6.07) is 5.39. The Hall–Kier alpha value is -1.88. The number of aryl methyl sites for hydroxylation is 1. The summed E-state index contributed by atoms with van der Waals surface area (Å²) in [6.07, 6.45) is 1.57. The molecule has 0 spiro atoms. The van der Waals surface area contributed by atoms with Gasteiger partial charge in [0.2, 0.25) is 0 Å². The number of nitrogens with one attached hydrogen (secondary N) is 1. The fraction of sp³-hybridized carbons (Fsp3) is 0.167. The summed E-state index contributed by atoms with van der Waals surface area (Å²) in [6.45, 7) is 2.55. The van der Waals surface area contributed by atoms with E-state index in [-0.39, 0.29) is 11.7 Å². The van der Waals surface area contributed by atoms with Gasteiger partial charge in [-0.05, 0) is 36.1 Å². The summed E-state index contributed by atoms with van der Waals surface area (Å²) in [4.78, 5) is 16.9. The first kappa shape index (κ1) is 11.6. The SMILES string of the molecule is Cc1ccsc1CNC(=O)c1cccnc1N. The summed E-state index contributed by atoms with van der Waals surface area (Å²) < 4.78 is 0. The fourth-order valence-electron chi connectivity index (χ4n) is 1.45. The van der Waals surface area contributed by atoms with E-state index < -0.39 is 0 Å². The summed E-state index contributed by atoms with van der Waals surface area (Å²) in [5, 5.41) is 4.84. The van der Waals surface area contributed by atoms with Gasteiger partial charge in [-0.1, -0.05) is 0 Å². The fourth-order valence-corrected chi connectivity index (χ4v) is 2.30. The van der Waals surface area contributed by atoms with E-state index >= 15 is 0 Å². The van der Waals surface area contributed by atoms with E-state index in [0.717, 1.165) is 4.88 Å². The molecule has 0 aromatic carbocycles. The van der Waals surface area contributed by atoms with E-state index in [1.807, 2.05) is 18.4 Å². The Kier molecular flexibility index (Phi) is 3.39. The number of nitrogens with two attached hydrogens (primary N) is 1. The van der Waals surface area contributed by atoms with Crippen LogP contribution in [-0.4, -0.2) is 10.9 Å². The van der Waals surface area contributed by atoms with E-state index in [0.29, 0.717) is 12.1 Å². The number of nitrogens with zero attached hydrogens (tertiary/aromatic N) is 1. The molecule has 2 aromatic heterocycles. The maximum Gasteiger partial charge on any atom is 0.255 e. The third kappa shape index (κ3) is 2.62. The third-order valence-electron chi connectivity index (χ3n) is 2.46. The highest BCUT2D eigenvalue weighted by Gasteiger charge is 2.10. The molecule has 2 rings (SSSR count). The summed E-state index contributed by atoms with van der Waals surface area (Å²) in [5.74, 6) is 0.0660. The Labute approximate surface area is 103 Å². The summed E-state index contributed by atoms with van der Waals surface area (Å²) in [5.41, 5.74) is 7.24. The highest BCUT2D eigenvalue weighted by molar-refractivity contribution is 7.10. The largest absolute Gasteiger partial charge is 0.383 e. The second-order valence-corrected chi connectivity index (χ2v) is 4.65. The van der Waals surface area contributed by atoms with Gasteiger partial charge in [0.1, 0.15) is 5.82 Å². The minimum Gasteiger partial charge on any atom is -0.383 e. The maximum absolute atomic E-state index is 11.8. The Morgan fingerprint density at radius 1 is 1.53 bits per heavy atom. The lowest BCUT2D eigenvalue weighted by molar-refractivity contribution is 0.0952. The highest BCUT2D eigenvalue weighted by Crippen LogP contribution is 2.15. The average Bonchev–Trinajstić information content (AvgIpc) is 2.72. The number of amides is 1. The van der Waals surface area contributed by atoms with Gasteiger partial charge in [0, 0.05) is 11.1 Å². The molecule has 88 valence electrons. The quantitative estimate of drug-likeness (QED) is 0.871. The molecular weight excluding hydrogens is 234 g/mol. The van der Waals surface area contributed by atoms with Crippen molar-refractivity contribution in [1.29, 1.82) is 0 Å². The van der Waals surface area contributed by atoms with Crippen molar-refractivity contribution in [2.45, 2.75) is 13.5 Å². The third-order valence-corrected chi connectivity index (χ3v) is 3.48. The van der Waals surface area contributed by atoms with Gasteiger partial charge < -0.3 is 11.1 Å². The van der Waals surface area contributed by atoms with E-state index in [9.17, 15) is 4.79 Å². The number of nitrogen functional groups attached to an aromatic ring is 1. The van der Waals surface area contributed by atoms with E-state index in [1.54, 1.807) is 29.7 Å². The van der Waals surface area contributed by atoms with Crippen LogP contribution in [0.5, 0.6) is 0 Å². The molecule has 0 bridgehead atoms. The van der Waals surface area contributed by atoms with Crippen molar-refractivity contribution < 1.29 is 4.79 Å². The number of hydrogen-bond acceptors (Lipinski definition) is 4. The van der Waals surface area contributed by atoms with Crippen LogP contribution >= 0.6 is 11.3 Å². The molecule has 1 amide bonds. The van der Waals surface area contributed by atoms with Crippen LogP contribution in [0.15, 0.2) is 29.8 Å². The molecule has 0 aliphatic carbocycles. The predicted octanol–water partition coefficient (Wildman–Crippen LogP) is 1.96. The van der Waals surface area contributed by atoms with E-state index in [2.05, 4.69) is 10.3 Å². The van der Waals surface area contributed by atoms with Crippen molar-refractivity contribution >= 4 is 23.1 Å². The van der Waals surface area contributed by atoms with Gasteiger partial charge in [-0.2, -0.15) is 0 Å². The van der Waals surface area contributed by atoms with Crippen LogP contribution < -0.4 is 11.1 Å². The topological polar surface area (TPSA) is 68.0 Å². The Morgan fingerprint density at radius 2 is 2.35 bits per heavy atom. The zero-order chi connectivity index (χ0) is 12.3. The maximum atomic E-state index is 11.8. The Morgan fingerprint density at radius 3 is 3.00 bits per heavy atom. The first-order chi connectivity index (χ1) is 8.18. The van der Waals surface area contributed by atoms with Gasteiger partial charge in [0.05, 0.1) is 12.1 Å². The first-order valence-electron chi connectivity index (χ1n) is 5.20. The van der Waals surface area contributed by atoms with Gasteiger partial charge in [-0.3, -0.25) is 4.79 Å². The smallest absolute Gasteiger partial charge is 0.255 e. The molecule has 0 radical (unpaired) electrons. The number of thiophene rings is 1. The Balaban J connectivity index is 2.04. The summed E-state index contributed by atoms with van der Waals surface area (Å²) in [7, 11) is 0. The van der Waals surface area contributed by atoms with Crippen LogP contribution in [0.25, 0.3) is 0 Å². The molecule has 0 aliphatic heterocycles. The zero-order valence-electron chi connectivity index (χ0n) is 9.43. The van der Waals surface area contributed by atoms with Crippen molar-refractivity contribution in [2.75, 3.05) is 5.73 Å². The number of carbonyl (C=O) groups excluding carboxylic acids is 1. The highest BCUT2D eigenvalue weighted by atomic mass is 32.1. The van der Waals surface area contributed by atoms with Crippen molar-refractivity contribution in [2.24, 2.45) is 0 Å². The number of hydrogen-bond donors (Lipinski definition) is 2.